The topological polar surface area (TPSA) is 130 Å². The lowest BCUT2D eigenvalue weighted by Crippen LogP contribution is -2.33. The Balaban J connectivity index is 2.30. The number of rotatable bonds is 6. The molecular weight excluding hydrogens is 304 g/mol. The average Bonchev–Trinajstić information content (AvgIpc) is 2.48. The summed E-state index contributed by atoms with van der Waals surface area (Å²) in [6.07, 6.45) is 1.33. The van der Waals surface area contributed by atoms with Gasteiger partial charge in [0.1, 0.15) is 5.69 Å². The second-order valence-electron chi connectivity index (χ2n) is 4.96. The third kappa shape index (κ3) is 3.83. The zero-order valence-electron chi connectivity index (χ0n) is 12.4. The number of nitro benzene ring substituents is 1. The van der Waals surface area contributed by atoms with Crippen LogP contribution < -0.4 is 16.6 Å². The molecule has 0 bridgehead atoms. The van der Waals surface area contributed by atoms with Crippen molar-refractivity contribution in [3.8, 4) is 0 Å². The van der Waals surface area contributed by atoms with Crippen LogP contribution in [-0.2, 0) is 13.1 Å². The molecule has 122 valence electrons. The van der Waals surface area contributed by atoms with E-state index < -0.39 is 16.2 Å². The number of benzene rings is 1. The molecule has 9 heteroatoms. The number of anilines is 1. The van der Waals surface area contributed by atoms with Gasteiger partial charge in [-0.05, 0) is 18.6 Å². The SMILES string of the molecule is Cc1ccc([N+](=O)[O-])c(NCc2cn(CCO)c(=O)[nH]c2=O)c1. The molecule has 0 saturated carbocycles. The van der Waals surface area contributed by atoms with Crippen LogP contribution >= 0.6 is 0 Å². The molecule has 9 nitrogen and oxygen atoms in total. The van der Waals surface area contributed by atoms with Gasteiger partial charge in [0.05, 0.1) is 23.6 Å². The van der Waals surface area contributed by atoms with Crippen LogP contribution in [0.15, 0.2) is 34.0 Å². The first kappa shape index (κ1) is 16.4. The number of hydrogen-bond acceptors (Lipinski definition) is 6. The Kier molecular flexibility index (Phi) is 4.91. The molecule has 1 aromatic carbocycles. The van der Waals surface area contributed by atoms with Gasteiger partial charge in [0, 0.05) is 18.8 Å². The van der Waals surface area contributed by atoms with E-state index in [-0.39, 0.29) is 36.6 Å². The van der Waals surface area contributed by atoms with Crippen LogP contribution in [0.25, 0.3) is 0 Å². The molecule has 0 spiro atoms. The molecule has 0 aliphatic heterocycles. The lowest BCUT2D eigenvalue weighted by Gasteiger charge is -2.09. The third-order valence-electron chi connectivity index (χ3n) is 3.24. The molecule has 0 amide bonds. The molecule has 0 fully saturated rings. The minimum atomic E-state index is -0.616. The average molecular weight is 320 g/mol. The number of aliphatic hydroxyl groups excluding tert-OH is 1. The summed E-state index contributed by atoms with van der Waals surface area (Å²) in [6.45, 7) is 1.60. The van der Waals surface area contributed by atoms with Gasteiger partial charge in [-0.15, -0.1) is 0 Å². The van der Waals surface area contributed by atoms with Gasteiger partial charge in [-0.1, -0.05) is 6.07 Å². The molecule has 23 heavy (non-hydrogen) atoms. The normalized spacial score (nSPS) is 10.5. The molecule has 0 aliphatic carbocycles. The Morgan fingerprint density at radius 3 is 2.78 bits per heavy atom. The summed E-state index contributed by atoms with van der Waals surface area (Å²) in [5.74, 6) is 0. The fourth-order valence-corrected chi connectivity index (χ4v) is 2.10. The van der Waals surface area contributed by atoms with E-state index in [1.807, 2.05) is 0 Å². The van der Waals surface area contributed by atoms with Crippen molar-refractivity contribution in [1.29, 1.82) is 0 Å². The summed E-state index contributed by atoms with van der Waals surface area (Å²) in [7, 11) is 0. The number of nitrogens with zero attached hydrogens (tertiary/aromatic N) is 2. The van der Waals surface area contributed by atoms with E-state index in [1.54, 1.807) is 19.1 Å². The van der Waals surface area contributed by atoms with Crippen molar-refractivity contribution < 1.29 is 10.0 Å². The Hall–Kier alpha value is -2.94. The monoisotopic (exact) mass is 320 g/mol. The van der Waals surface area contributed by atoms with E-state index in [2.05, 4.69) is 10.3 Å². The van der Waals surface area contributed by atoms with Crippen LogP contribution in [0, 0.1) is 17.0 Å². The Labute approximate surface area is 130 Å². The number of hydrogen-bond donors (Lipinski definition) is 3. The fourth-order valence-electron chi connectivity index (χ4n) is 2.10. The summed E-state index contributed by atoms with van der Waals surface area (Å²) in [5, 5.41) is 22.8. The summed E-state index contributed by atoms with van der Waals surface area (Å²) < 4.78 is 1.17. The fraction of sp³-hybridized carbons (Fsp3) is 0.286. The molecule has 2 rings (SSSR count). The molecule has 0 radical (unpaired) electrons. The van der Waals surface area contributed by atoms with Gasteiger partial charge in [-0.25, -0.2) is 4.79 Å². The third-order valence-corrected chi connectivity index (χ3v) is 3.24. The van der Waals surface area contributed by atoms with Gasteiger partial charge in [0.2, 0.25) is 0 Å². The molecule has 0 saturated heterocycles. The van der Waals surface area contributed by atoms with Crippen LogP contribution in [0.1, 0.15) is 11.1 Å². The second kappa shape index (κ2) is 6.88. The minimum absolute atomic E-state index is 0.00529. The van der Waals surface area contributed by atoms with Crippen molar-refractivity contribution in [3.63, 3.8) is 0 Å². The van der Waals surface area contributed by atoms with Gasteiger partial charge in [0.25, 0.3) is 11.2 Å². The van der Waals surface area contributed by atoms with E-state index in [9.17, 15) is 19.7 Å². The van der Waals surface area contributed by atoms with Crippen molar-refractivity contribution in [2.75, 3.05) is 11.9 Å². The maximum Gasteiger partial charge on any atom is 0.328 e. The number of H-pyrrole nitrogens is 1. The summed E-state index contributed by atoms with van der Waals surface area (Å²) in [6, 6.07) is 4.61. The zero-order chi connectivity index (χ0) is 17.0. The van der Waals surface area contributed by atoms with Crippen LogP contribution in [0.3, 0.4) is 0 Å². The van der Waals surface area contributed by atoms with E-state index in [4.69, 9.17) is 5.11 Å². The molecule has 2 aromatic rings. The predicted octanol–water partition coefficient (Wildman–Crippen LogP) is 0.358. The molecule has 1 aromatic heterocycles. The number of aromatic nitrogens is 2. The van der Waals surface area contributed by atoms with Gasteiger partial charge in [-0.2, -0.15) is 0 Å². The van der Waals surface area contributed by atoms with Crippen molar-refractivity contribution in [1.82, 2.24) is 9.55 Å². The lowest BCUT2D eigenvalue weighted by atomic mass is 10.2. The first-order valence-corrected chi connectivity index (χ1v) is 6.85. The van der Waals surface area contributed by atoms with Crippen LogP contribution in [0.4, 0.5) is 11.4 Å². The highest BCUT2D eigenvalue weighted by Crippen LogP contribution is 2.25. The van der Waals surface area contributed by atoms with E-state index in [1.165, 1.54) is 16.8 Å². The van der Waals surface area contributed by atoms with Crippen molar-refractivity contribution in [2.45, 2.75) is 20.0 Å². The van der Waals surface area contributed by atoms with Crippen molar-refractivity contribution >= 4 is 11.4 Å². The van der Waals surface area contributed by atoms with E-state index in [0.29, 0.717) is 0 Å². The standard InChI is InChI=1S/C14H16N4O5/c1-9-2-3-12(18(22)23)11(6-9)15-7-10-8-17(4-5-19)14(21)16-13(10)20/h2-3,6,8,15,19H,4-5,7H2,1H3,(H,16,20,21). The number of nitro groups is 1. The van der Waals surface area contributed by atoms with Gasteiger partial charge >= 0.3 is 5.69 Å². The summed E-state index contributed by atoms with van der Waals surface area (Å²) >= 11 is 0. The number of nitrogens with one attached hydrogen (secondary N) is 2. The lowest BCUT2D eigenvalue weighted by molar-refractivity contribution is -0.384. The van der Waals surface area contributed by atoms with E-state index in [0.717, 1.165) is 5.56 Å². The molecule has 3 N–H and O–H groups in total. The van der Waals surface area contributed by atoms with Crippen LogP contribution in [0.5, 0.6) is 0 Å². The van der Waals surface area contributed by atoms with Crippen molar-refractivity contribution in [2.24, 2.45) is 0 Å². The highest BCUT2D eigenvalue weighted by molar-refractivity contribution is 5.62. The quantitative estimate of drug-likeness (QED) is 0.520. The Morgan fingerprint density at radius 2 is 2.13 bits per heavy atom. The van der Waals surface area contributed by atoms with Gasteiger partial charge in [0.15, 0.2) is 0 Å². The smallest absolute Gasteiger partial charge is 0.328 e. The molecular formula is C14H16N4O5. The van der Waals surface area contributed by atoms with E-state index >= 15 is 0 Å². The number of aryl methyl sites for hydroxylation is 1. The van der Waals surface area contributed by atoms with Gasteiger partial charge < -0.3 is 10.4 Å². The van der Waals surface area contributed by atoms with Crippen molar-refractivity contribution in [3.05, 3.63) is 66.5 Å². The minimum Gasteiger partial charge on any atom is -0.395 e. The second-order valence-corrected chi connectivity index (χ2v) is 4.96. The predicted molar refractivity (Wildman–Crippen MR) is 83.6 cm³/mol. The number of aliphatic hydroxyl groups is 1. The molecule has 0 aliphatic rings. The zero-order valence-corrected chi connectivity index (χ0v) is 12.4. The first-order chi connectivity index (χ1) is 10.9. The molecule has 0 unspecified atom stereocenters. The van der Waals surface area contributed by atoms with Crippen LogP contribution in [-0.4, -0.2) is 26.2 Å². The maximum absolute atomic E-state index is 11.8. The first-order valence-electron chi connectivity index (χ1n) is 6.85. The Morgan fingerprint density at radius 1 is 1.39 bits per heavy atom. The number of aromatic amines is 1. The maximum atomic E-state index is 11.8. The largest absolute Gasteiger partial charge is 0.395 e. The summed E-state index contributed by atoms with van der Waals surface area (Å²) in [5.41, 5.74) is 0.0532. The van der Waals surface area contributed by atoms with Gasteiger partial charge in [-0.3, -0.25) is 24.5 Å². The highest BCUT2D eigenvalue weighted by atomic mass is 16.6. The molecule has 0 atom stereocenters. The molecule has 1 heterocycles. The van der Waals surface area contributed by atoms with Crippen LogP contribution in [0.2, 0.25) is 0 Å². The summed E-state index contributed by atoms with van der Waals surface area (Å²) in [4.78, 5) is 36.0. The Bertz CT molecular complexity index is 840. The highest BCUT2D eigenvalue weighted by Gasteiger charge is 2.14.